The number of likely N-dealkylation sites (tertiary alicyclic amines) is 1. The van der Waals surface area contributed by atoms with E-state index in [0.717, 1.165) is 23.9 Å². The van der Waals surface area contributed by atoms with Gasteiger partial charge in [-0.1, -0.05) is 19.1 Å². The highest BCUT2D eigenvalue weighted by Crippen LogP contribution is 2.18. The fraction of sp³-hybridized carbons (Fsp3) is 0.550. The number of amides is 1. The van der Waals surface area contributed by atoms with Gasteiger partial charge in [0.25, 0.3) is 0 Å². The molecule has 0 unspecified atom stereocenters. The van der Waals surface area contributed by atoms with Crippen LogP contribution < -0.4 is 5.69 Å². The number of piperidine rings is 1. The lowest BCUT2D eigenvalue weighted by atomic mass is 10.0. The highest BCUT2D eigenvalue weighted by Gasteiger charge is 2.27. The Bertz CT molecular complexity index is 909. The van der Waals surface area contributed by atoms with E-state index in [9.17, 15) is 14.4 Å². The summed E-state index contributed by atoms with van der Waals surface area (Å²) in [5.41, 5.74) is 1.59. The Morgan fingerprint density at radius 1 is 1.18 bits per heavy atom. The van der Waals surface area contributed by atoms with Gasteiger partial charge in [-0.05, 0) is 31.5 Å². The molecule has 1 N–H and O–H groups in total. The number of nitrogens with zero attached hydrogens (tertiary/aromatic N) is 4. The fourth-order valence-corrected chi connectivity index (χ4v) is 4.10. The summed E-state index contributed by atoms with van der Waals surface area (Å²) in [5.74, 6) is -0.777. The van der Waals surface area contributed by atoms with Gasteiger partial charge in [0.05, 0.1) is 17.6 Å². The summed E-state index contributed by atoms with van der Waals surface area (Å²) in [6, 6.07) is 7.78. The van der Waals surface area contributed by atoms with Crippen molar-refractivity contribution < 1.29 is 14.7 Å². The van der Waals surface area contributed by atoms with Gasteiger partial charge in [-0.2, -0.15) is 0 Å². The molecule has 0 spiro atoms. The number of imidazole rings is 1. The van der Waals surface area contributed by atoms with Crippen molar-refractivity contribution in [1.82, 2.24) is 18.9 Å². The van der Waals surface area contributed by atoms with Gasteiger partial charge in [0.2, 0.25) is 5.91 Å². The van der Waals surface area contributed by atoms with Crippen LogP contribution in [0.25, 0.3) is 11.0 Å². The number of carboxylic acid groups (broad SMARTS) is 1. The molecule has 1 aromatic heterocycles. The minimum atomic E-state index is -0.819. The molecule has 0 radical (unpaired) electrons. The van der Waals surface area contributed by atoms with E-state index in [1.165, 1.54) is 0 Å². The molecule has 0 aliphatic carbocycles. The predicted octanol–water partition coefficient (Wildman–Crippen LogP) is 1.13. The second-order valence-corrected chi connectivity index (χ2v) is 7.30. The molecule has 28 heavy (non-hydrogen) atoms. The van der Waals surface area contributed by atoms with E-state index >= 15 is 0 Å². The number of hydrogen-bond acceptors (Lipinski definition) is 4. The van der Waals surface area contributed by atoms with Crippen molar-refractivity contribution in [2.24, 2.45) is 7.05 Å². The van der Waals surface area contributed by atoms with E-state index in [2.05, 4.69) is 0 Å². The third-order valence-corrected chi connectivity index (χ3v) is 5.68. The lowest BCUT2D eigenvalue weighted by Crippen LogP contribution is -2.48. The maximum absolute atomic E-state index is 12.6. The van der Waals surface area contributed by atoms with Crippen LogP contribution in [0, 0.1) is 0 Å². The summed E-state index contributed by atoms with van der Waals surface area (Å²) in [7, 11) is 1.74. The smallest absolute Gasteiger partial charge is 0.328 e. The van der Waals surface area contributed by atoms with Gasteiger partial charge in [-0.3, -0.25) is 23.6 Å². The van der Waals surface area contributed by atoms with Gasteiger partial charge in [-0.25, -0.2) is 4.79 Å². The van der Waals surface area contributed by atoms with E-state index in [-0.39, 0.29) is 30.6 Å². The second kappa shape index (κ2) is 8.60. The van der Waals surface area contributed by atoms with Crippen LogP contribution in [0.2, 0.25) is 0 Å². The molecule has 1 amide bonds. The SMILES string of the molecule is CCN(CC(=O)O)C1CCN(C(=O)CCn2c(=O)n(C)c3ccccc32)CC1. The number of fused-ring (bicyclic) bond motifs is 1. The van der Waals surface area contributed by atoms with Crippen molar-refractivity contribution in [2.75, 3.05) is 26.2 Å². The van der Waals surface area contributed by atoms with Gasteiger partial charge in [0.1, 0.15) is 0 Å². The van der Waals surface area contributed by atoms with E-state index in [4.69, 9.17) is 5.11 Å². The van der Waals surface area contributed by atoms with Gasteiger partial charge in [-0.15, -0.1) is 0 Å². The third-order valence-electron chi connectivity index (χ3n) is 5.68. The standard InChI is InChI=1S/C20H28N4O4/c1-3-22(14-19(26)27)15-8-11-23(12-9-15)18(25)10-13-24-17-7-5-4-6-16(17)21(2)20(24)28/h4-7,15H,3,8-14H2,1-2H3,(H,26,27). The van der Waals surface area contributed by atoms with Crippen LogP contribution in [0.5, 0.6) is 0 Å². The quantitative estimate of drug-likeness (QED) is 0.768. The summed E-state index contributed by atoms with van der Waals surface area (Å²) < 4.78 is 3.26. The topological polar surface area (TPSA) is 87.8 Å². The van der Waals surface area contributed by atoms with Gasteiger partial charge in [0.15, 0.2) is 0 Å². The minimum Gasteiger partial charge on any atom is -0.480 e. The average Bonchev–Trinajstić information content (AvgIpc) is 2.95. The molecule has 1 aliphatic rings. The predicted molar refractivity (Wildman–Crippen MR) is 106 cm³/mol. The van der Waals surface area contributed by atoms with Crippen molar-refractivity contribution in [3.63, 3.8) is 0 Å². The van der Waals surface area contributed by atoms with Crippen LogP contribution in [0.1, 0.15) is 26.2 Å². The normalized spacial score (nSPS) is 15.5. The zero-order valence-corrected chi connectivity index (χ0v) is 16.5. The van der Waals surface area contributed by atoms with Crippen molar-refractivity contribution in [2.45, 2.75) is 38.8 Å². The Labute approximate surface area is 163 Å². The number of carbonyl (C=O) groups is 2. The lowest BCUT2D eigenvalue weighted by molar-refractivity contribution is -0.140. The molecule has 0 atom stereocenters. The first-order valence-electron chi connectivity index (χ1n) is 9.80. The molecule has 1 saturated heterocycles. The van der Waals surface area contributed by atoms with Gasteiger partial charge in [0, 0.05) is 39.1 Å². The van der Waals surface area contributed by atoms with Crippen LogP contribution in [-0.2, 0) is 23.2 Å². The number of carboxylic acids is 1. The van der Waals surface area contributed by atoms with Crippen LogP contribution in [0.15, 0.2) is 29.1 Å². The number of likely N-dealkylation sites (N-methyl/N-ethyl adjacent to an activating group) is 1. The zero-order chi connectivity index (χ0) is 20.3. The number of benzene rings is 1. The number of aliphatic carboxylic acids is 1. The van der Waals surface area contributed by atoms with Gasteiger partial charge >= 0.3 is 11.7 Å². The number of carbonyl (C=O) groups excluding carboxylic acids is 1. The van der Waals surface area contributed by atoms with Crippen molar-refractivity contribution in [3.8, 4) is 0 Å². The number of aryl methyl sites for hydroxylation is 2. The van der Waals surface area contributed by atoms with Crippen LogP contribution >= 0.6 is 0 Å². The van der Waals surface area contributed by atoms with E-state index in [1.54, 1.807) is 16.2 Å². The number of para-hydroxylation sites is 2. The Balaban J connectivity index is 1.58. The number of aromatic nitrogens is 2. The molecule has 0 bridgehead atoms. The molecule has 0 saturated carbocycles. The molecular formula is C20H28N4O4. The van der Waals surface area contributed by atoms with Crippen molar-refractivity contribution >= 4 is 22.9 Å². The highest BCUT2D eigenvalue weighted by atomic mass is 16.4. The van der Waals surface area contributed by atoms with Crippen molar-refractivity contribution in [3.05, 3.63) is 34.7 Å². The second-order valence-electron chi connectivity index (χ2n) is 7.30. The van der Waals surface area contributed by atoms with E-state index < -0.39 is 5.97 Å². The summed E-state index contributed by atoms with van der Waals surface area (Å²) in [6.07, 6.45) is 1.84. The largest absolute Gasteiger partial charge is 0.480 e. The Hall–Kier alpha value is -2.61. The van der Waals surface area contributed by atoms with Crippen LogP contribution in [-0.4, -0.2) is 68.1 Å². The maximum atomic E-state index is 12.6. The molecule has 8 nitrogen and oxygen atoms in total. The Morgan fingerprint density at radius 2 is 1.82 bits per heavy atom. The first-order chi connectivity index (χ1) is 13.4. The molecule has 3 rings (SSSR count). The minimum absolute atomic E-state index is 0.0408. The molecule has 8 heteroatoms. The Morgan fingerprint density at radius 3 is 2.43 bits per heavy atom. The molecule has 1 aliphatic heterocycles. The average molecular weight is 388 g/mol. The highest BCUT2D eigenvalue weighted by molar-refractivity contribution is 5.78. The van der Waals surface area contributed by atoms with Crippen molar-refractivity contribution in [1.29, 1.82) is 0 Å². The van der Waals surface area contributed by atoms with Gasteiger partial charge < -0.3 is 10.0 Å². The summed E-state index contributed by atoms with van der Waals surface area (Å²) in [6.45, 7) is 4.31. The lowest BCUT2D eigenvalue weighted by Gasteiger charge is -2.37. The number of rotatable bonds is 7. The molecule has 2 aromatic rings. The molecule has 152 valence electrons. The van der Waals surface area contributed by atoms with E-state index in [1.807, 2.05) is 41.0 Å². The first kappa shape index (κ1) is 20.1. The molecule has 2 heterocycles. The summed E-state index contributed by atoms with van der Waals surface area (Å²) >= 11 is 0. The van der Waals surface area contributed by atoms with Crippen LogP contribution in [0.4, 0.5) is 0 Å². The summed E-state index contributed by atoms with van der Waals surface area (Å²) in [5, 5.41) is 9.03. The third kappa shape index (κ3) is 4.11. The monoisotopic (exact) mass is 388 g/mol. The van der Waals surface area contributed by atoms with E-state index in [0.29, 0.717) is 26.2 Å². The number of hydrogen-bond donors (Lipinski definition) is 1. The molecule has 1 aromatic carbocycles. The maximum Gasteiger partial charge on any atom is 0.328 e. The Kier molecular flexibility index (Phi) is 6.18. The summed E-state index contributed by atoms with van der Waals surface area (Å²) in [4.78, 5) is 39.9. The molecular weight excluding hydrogens is 360 g/mol. The molecule has 1 fully saturated rings. The fourth-order valence-electron chi connectivity index (χ4n) is 4.10. The zero-order valence-electron chi connectivity index (χ0n) is 16.5. The first-order valence-corrected chi connectivity index (χ1v) is 9.80. The van der Waals surface area contributed by atoms with Crippen LogP contribution in [0.3, 0.4) is 0 Å².